The minimum atomic E-state index is -0.0537. The van der Waals surface area contributed by atoms with E-state index in [-0.39, 0.29) is 12.1 Å². The van der Waals surface area contributed by atoms with Crippen LogP contribution in [0.1, 0.15) is 45.4 Å². The van der Waals surface area contributed by atoms with Gasteiger partial charge in [-0.3, -0.25) is 0 Å². The monoisotopic (exact) mass is 275 g/mol. The van der Waals surface area contributed by atoms with Crippen LogP contribution in [-0.2, 0) is 4.74 Å². The molecule has 1 aliphatic carbocycles. The number of nitrogens with one attached hydrogen (secondary N) is 1. The summed E-state index contributed by atoms with van der Waals surface area (Å²) in [6.45, 7) is 3.28. The number of hydrogen-bond donors (Lipinski definition) is 2. The molecule has 0 radical (unpaired) electrons. The van der Waals surface area contributed by atoms with Crippen molar-refractivity contribution in [3.63, 3.8) is 0 Å². The summed E-state index contributed by atoms with van der Waals surface area (Å²) in [6, 6.07) is 0.672. The van der Waals surface area contributed by atoms with Gasteiger partial charge in [0.1, 0.15) is 0 Å². The first-order valence-corrected chi connectivity index (χ1v) is 8.31. The van der Waals surface area contributed by atoms with Crippen molar-refractivity contribution in [1.29, 1.82) is 0 Å². The van der Waals surface area contributed by atoms with Crippen molar-refractivity contribution in [2.75, 3.05) is 31.8 Å². The van der Waals surface area contributed by atoms with Gasteiger partial charge in [-0.2, -0.15) is 11.8 Å². The third-order valence-electron chi connectivity index (χ3n) is 3.38. The number of thioether (sulfide) groups is 1. The molecule has 2 N–H and O–H groups in total. The van der Waals surface area contributed by atoms with Crippen molar-refractivity contribution < 1.29 is 9.84 Å². The Labute approximate surface area is 116 Å². The first kappa shape index (κ1) is 16.3. The van der Waals surface area contributed by atoms with Crippen LogP contribution < -0.4 is 5.32 Å². The van der Waals surface area contributed by atoms with Crippen molar-refractivity contribution in [1.82, 2.24) is 5.32 Å². The molecule has 18 heavy (non-hydrogen) atoms. The Balaban J connectivity index is 1.94. The second kappa shape index (κ2) is 9.18. The molecule has 108 valence electrons. The number of methoxy groups -OCH3 is 1. The molecule has 0 bridgehead atoms. The molecule has 0 aromatic carbocycles. The topological polar surface area (TPSA) is 41.5 Å². The van der Waals surface area contributed by atoms with Crippen LogP contribution in [0.5, 0.6) is 0 Å². The third-order valence-corrected chi connectivity index (χ3v) is 4.54. The highest BCUT2D eigenvalue weighted by Crippen LogP contribution is 2.25. The maximum Gasteiger partial charge on any atom is 0.0610 e. The van der Waals surface area contributed by atoms with Gasteiger partial charge in [0.2, 0.25) is 0 Å². The number of aliphatic hydroxyl groups is 1. The Bertz CT molecular complexity index is 212. The summed E-state index contributed by atoms with van der Waals surface area (Å²) in [6.07, 6.45) is 7.25. The van der Waals surface area contributed by atoms with E-state index in [1.54, 1.807) is 7.11 Å². The molecule has 0 heterocycles. The number of aliphatic hydroxyl groups excluding tert-OH is 1. The SMILES string of the molecule is COCCCSCCCCC(C)(CO)NC1CC1. The van der Waals surface area contributed by atoms with Crippen LogP contribution in [0.3, 0.4) is 0 Å². The van der Waals surface area contributed by atoms with Gasteiger partial charge in [-0.1, -0.05) is 6.42 Å². The minimum Gasteiger partial charge on any atom is -0.394 e. The molecule has 0 aliphatic heterocycles. The maximum atomic E-state index is 9.48. The predicted octanol–water partition coefficient (Wildman–Crippen LogP) is 2.43. The first-order chi connectivity index (χ1) is 8.70. The van der Waals surface area contributed by atoms with Crippen LogP contribution in [0.25, 0.3) is 0 Å². The molecule has 1 rings (SSSR count). The van der Waals surface area contributed by atoms with Gasteiger partial charge in [0.25, 0.3) is 0 Å². The summed E-state index contributed by atoms with van der Waals surface area (Å²) >= 11 is 2.01. The standard InChI is InChI=1S/C14H29NO2S/c1-14(12-16,15-13-6-7-13)8-3-4-10-18-11-5-9-17-2/h13,15-16H,3-12H2,1-2H3. The quantitative estimate of drug-likeness (QED) is 0.537. The molecule has 0 amide bonds. The Morgan fingerprint density at radius 1 is 1.28 bits per heavy atom. The molecule has 0 aromatic heterocycles. The second-order valence-electron chi connectivity index (χ2n) is 5.55. The van der Waals surface area contributed by atoms with E-state index in [2.05, 4.69) is 12.2 Å². The lowest BCUT2D eigenvalue weighted by Gasteiger charge is -2.29. The normalized spacial score (nSPS) is 18.8. The lowest BCUT2D eigenvalue weighted by Crippen LogP contribution is -2.46. The molecule has 0 saturated heterocycles. The summed E-state index contributed by atoms with van der Waals surface area (Å²) in [5, 5.41) is 13.0. The average molecular weight is 275 g/mol. The van der Waals surface area contributed by atoms with Gasteiger partial charge >= 0.3 is 0 Å². The largest absolute Gasteiger partial charge is 0.394 e. The summed E-state index contributed by atoms with van der Waals surface area (Å²) < 4.78 is 5.02. The summed E-state index contributed by atoms with van der Waals surface area (Å²) in [4.78, 5) is 0. The van der Waals surface area contributed by atoms with Crippen LogP contribution in [0.15, 0.2) is 0 Å². The van der Waals surface area contributed by atoms with Crippen molar-refractivity contribution in [2.45, 2.75) is 57.0 Å². The van der Waals surface area contributed by atoms with Crippen molar-refractivity contribution in [2.24, 2.45) is 0 Å². The summed E-state index contributed by atoms with van der Waals surface area (Å²) in [7, 11) is 1.76. The number of hydrogen-bond acceptors (Lipinski definition) is 4. The zero-order valence-corrected chi connectivity index (χ0v) is 12.7. The number of unbranched alkanes of at least 4 members (excludes halogenated alkanes) is 1. The van der Waals surface area contributed by atoms with Gasteiger partial charge in [-0.25, -0.2) is 0 Å². The average Bonchev–Trinajstić information content (AvgIpc) is 3.16. The molecule has 1 saturated carbocycles. The van der Waals surface area contributed by atoms with E-state index in [9.17, 15) is 5.11 Å². The van der Waals surface area contributed by atoms with Gasteiger partial charge in [-0.15, -0.1) is 0 Å². The summed E-state index contributed by atoms with van der Waals surface area (Å²) in [5.41, 5.74) is -0.0537. The molecular formula is C14H29NO2S. The van der Waals surface area contributed by atoms with E-state index in [0.717, 1.165) is 19.4 Å². The molecule has 1 aliphatic rings. The van der Waals surface area contributed by atoms with Crippen LogP contribution in [0.4, 0.5) is 0 Å². The second-order valence-corrected chi connectivity index (χ2v) is 6.78. The van der Waals surface area contributed by atoms with E-state index < -0.39 is 0 Å². The summed E-state index contributed by atoms with van der Waals surface area (Å²) in [5.74, 6) is 2.43. The van der Waals surface area contributed by atoms with E-state index >= 15 is 0 Å². The third kappa shape index (κ3) is 7.62. The lowest BCUT2D eigenvalue weighted by atomic mass is 9.96. The van der Waals surface area contributed by atoms with Gasteiger partial charge in [0, 0.05) is 25.3 Å². The van der Waals surface area contributed by atoms with Crippen LogP contribution in [0, 0.1) is 0 Å². The smallest absolute Gasteiger partial charge is 0.0610 e. The molecule has 4 heteroatoms. The lowest BCUT2D eigenvalue weighted by molar-refractivity contribution is 0.161. The highest BCUT2D eigenvalue weighted by Gasteiger charge is 2.31. The minimum absolute atomic E-state index is 0.0537. The Kier molecular flexibility index (Phi) is 8.31. The number of rotatable bonds is 12. The Morgan fingerprint density at radius 3 is 2.61 bits per heavy atom. The van der Waals surface area contributed by atoms with Gasteiger partial charge in [0.05, 0.1) is 6.61 Å². The van der Waals surface area contributed by atoms with Gasteiger partial charge in [0.15, 0.2) is 0 Å². The zero-order chi connectivity index (χ0) is 13.3. The molecular weight excluding hydrogens is 246 g/mol. The molecule has 1 unspecified atom stereocenters. The van der Waals surface area contributed by atoms with E-state index in [4.69, 9.17) is 4.74 Å². The number of ether oxygens (including phenoxy) is 1. The van der Waals surface area contributed by atoms with Crippen LogP contribution in [-0.4, -0.2) is 48.5 Å². The molecule has 1 fully saturated rings. The predicted molar refractivity (Wildman–Crippen MR) is 79.3 cm³/mol. The fourth-order valence-corrected chi connectivity index (χ4v) is 2.98. The first-order valence-electron chi connectivity index (χ1n) is 7.15. The molecule has 0 spiro atoms. The van der Waals surface area contributed by atoms with E-state index in [1.807, 2.05) is 11.8 Å². The molecule has 0 aromatic rings. The maximum absolute atomic E-state index is 9.48. The molecule has 1 atom stereocenters. The van der Waals surface area contributed by atoms with Crippen molar-refractivity contribution in [3.8, 4) is 0 Å². The van der Waals surface area contributed by atoms with Crippen molar-refractivity contribution >= 4 is 11.8 Å². The fourth-order valence-electron chi connectivity index (χ4n) is 2.04. The highest BCUT2D eigenvalue weighted by molar-refractivity contribution is 7.99. The Morgan fingerprint density at radius 2 is 2.00 bits per heavy atom. The van der Waals surface area contributed by atoms with E-state index in [1.165, 1.54) is 37.2 Å². The Hall–Kier alpha value is 0.230. The van der Waals surface area contributed by atoms with Gasteiger partial charge in [-0.05, 0) is 50.5 Å². The fraction of sp³-hybridized carbons (Fsp3) is 1.00. The van der Waals surface area contributed by atoms with Crippen LogP contribution >= 0.6 is 11.8 Å². The zero-order valence-electron chi connectivity index (χ0n) is 11.9. The van der Waals surface area contributed by atoms with Gasteiger partial charge < -0.3 is 15.2 Å². The van der Waals surface area contributed by atoms with E-state index in [0.29, 0.717) is 6.04 Å². The highest BCUT2D eigenvalue weighted by atomic mass is 32.2. The molecule has 3 nitrogen and oxygen atoms in total. The van der Waals surface area contributed by atoms with Crippen LogP contribution in [0.2, 0.25) is 0 Å². The van der Waals surface area contributed by atoms with Crippen molar-refractivity contribution in [3.05, 3.63) is 0 Å².